The summed E-state index contributed by atoms with van der Waals surface area (Å²) >= 11 is 0. The molecule has 7 heteroatoms. The van der Waals surface area contributed by atoms with Gasteiger partial charge in [0.1, 0.15) is 11.3 Å². The molecule has 6 nitrogen and oxygen atoms in total. The van der Waals surface area contributed by atoms with Gasteiger partial charge in [0.05, 0.1) is 25.2 Å². The monoisotopic (exact) mass is 288 g/mol. The maximum absolute atomic E-state index is 11.7. The van der Waals surface area contributed by atoms with Gasteiger partial charge in [-0.1, -0.05) is 0 Å². The number of hydrogen-bond acceptors (Lipinski definition) is 6. The first-order valence-electron chi connectivity index (χ1n) is 5.70. The fourth-order valence-corrected chi connectivity index (χ4v) is 2.38. The first kappa shape index (κ1) is 15.5. The number of hydrogen-bond donors (Lipinski definition) is 0. The number of methoxy groups -OCH3 is 1. The van der Waals surface area contributed by atoms with Gasteiger partial charge >= 0.3 is 5.97 Å². The van der Waals surface area contributed by atoms with E-state index >= 15 is 0 Å². The van der Waals surface area contributed by atoms with Crippen LogP contribution in [0.15, 0.2) is 23.1 Å². The molecule has 0 saturated carbocycles. The van der Waals surface area contributed by atoms with Crippen molar-refractivity contribution in [2.45, 2.75) is 18.7 Å². The number of carbonyl (C=O) groups is 1. The number of esters is 1. The van der Waals surface area contributed by atoms with Crippen molar-refractivity contribution in [3.63, 3.8) is 0 Å². The Morgan fingerprint density at radius 1 is 1.21 bits per heavy atom. The Bertz CT molecular complexity index is 549. The van der Waals surface area contributed by atoms with E-state index in [1.54, 1.807) is 13.8 Å². The van der Waals surface area contributed by atoms with Crippen LogP contribution in [0.1, 0.15) is 24.2 Å². The van der Waals surface area contributed by atoms with E-state index in [0.717, 1.165) is 0 Å². The van der Waals surface area contributed by atoms with Crippen LogP contribution in [-0.2, 0) is 19.0 Å². The minimum absolute atomic E-state index is 0.0170. The van der Waals surface area contributed by atoms with Crippen molar-refractivity contribution < 1.29 is 26.9 Å². The van der Waals surface area contributed by atoms with E-state index in [1.807, 2.05) is 0 Å². The molecule has 106 valence electrons. The normalized spacial score (nSPS) is 11.1. The van der Waals surface area contributed by atoms with E-state index in [9.17, 15) is 13.2 Å². The Morgan fingerprint density at radius 2 is 1.89 bits per heavy atom. The van der Waals surface area contributed by atoms with E-state index < -0.39 is 16.1 Å². The van der Waals surface area contributed by atoms with Gasteiger partial charge < -0.3 is 9.47 Å². The smallest absolute Gasteiger partial charge is 0.341 e. The van der Waals surface area contributed by atoms with Gasteiger partial charge in [-0.05, 0) is 32.0 Å². The molecule has 19 heavy (non-hydrogen) atoms. The topological polar surface area (TPSA) is 78.9 Å². The highest BCUT2D eigenvalue weighted by atomic mass is 32.2. The molecule has 0 heterocycles. The number of carbonyl (C=O) groups excluding carboxylic acids is 1. The van der Waals surface area contributed by atoms with Crippen LogP contribution in [0.3, 0.4) is 0 Å². The first-order chi connectivity index (χ1) is 8.96. The number of rotatable bonds is 6. The highest BCUT2D eigenvalue weighted by Gasteiger charge is 2.20. The van der Waals surface area contributed by atoms with E-state index in [1.165, 1.54) is 25.3 Å². The Labute approximate surface area is 112 Å². The zero-order chi connectivity index (χ0) is 14.5. The molecule has 1 aromatic carbocycles. The highest BCUT2D eigenvalue weighted by Crippen LogP contribution is 2.24. The average Bonchev–Trinajstić information content (AvgIpc) is 2.38. The molecular weight excluding hydrogens is 272 g/mol. The molecular formula is C12H16O6S. The van der Waals surface area contributed by atoms with Crippen LogP contribution in [0, 0.1) is 0 Å². The molecule has 0 amide bonds. The van der Waals surface area contributed by atoms with Gasteiger partial charge in [0.15, 0.2) is 0 Å². The summed E-state index contributed by atoms with van der Waals surface area (Å²) in [5, 5.41) is 0. The van der Waals surface area contributed by atoms with Crippen molar-refractivity contribution in [3.05, 3.63) is 23.8 Å². The molecule has 0 aliphatic rings. The molecule has 1 aromatic rings. The van der Waals surface area contributed by atoms with Gasteiger partial charge in [0.25, 0.3) is 10.1 Å². The predicted molar refractivity (Wildman–Crippen MR) is 67.8 cm³/mol. The minimum atomic E-state index is -3.87. The van der Waals surface area contributed by atoms with Crippen LogP contribution in [0.25, 0.3) is 0 Å². The van der Waals surface area contributed by atoms with Crippen LogP contribution in [-0.4, -0.2) is 34.7 Å². The minimum Gasteiger partial charge on any atom is -0.493 e. The lowest BCUT2D eigenvalue weighted by Crippen LogP contribution is -2.10. The zero-order valence-corrected chi connectivity index (χ0v) is 11.8. The lowest BCUT2D eigenvalue weighted by molar-refractivity contribution is 0.0596. The Hall–Kier alpha value is -1.60. The summed E-state index contributed by atoms with van der Waals surface area (Å²) in [4.78, 5) is 11.5. The van der Waals surface area contributed by atoms with Crippen molar-refractivity contribution in [2.24, 2.45) is 0 Å². The fraction of sp³-hybridized carbons (Fsp3) is 0.417. The zero-order valence-electron chi connectivity index (χ0n) is 11.0. The third-order valence-electron chi connectivity index (χ3n) is 2.22. The van der Waals surface area contributed by atoms with Crippen molar-refractivity contribution in [1.29, 1.82) is 0 Å². The van der Waals surface area contributed by atoms with Crippen LogP contribution in [0.5, 0.6) is 5.75 Å². The summed E-state index contributed by atoms with van der Waals surface area (Å²) < 4.78 is 38.0. The molecule has 0 aliphatic carbocycles. The number of benzene rings is 1. The second-order valence-electron chi connectivity index (χ2n) is 3.44. The summed E-state index contributed by atoms with van der Waals surface area (Å²) in [5.41, 5.74) is 0.0464. The Balaban J connectivity index is 3.29. The fourth-order valence-electron chi connectivity index (χ4n) is 1.44. The van der Waals surface area contributed by atoms with Crippen molar-refractivity contribution in [2.75, 3.05) is 20.3 Å². The van der Waals surface area contributed by atoms with E-state index in [4.69, 9.17) is 4.74 Å². The van der Waals surface area contributed by atoms with Crippen LogP contribution < -0.4 is 4.74 Å². The number of ether oxygens (including phenoxy) is 2. The lowest BCUT2D eigenvalue weighted by atomic mass is 10.2. The lowest BCUT2D eigenvalue weighted by Gasteiger charge is -2.10. The van der Waals surface area contributed by atoms with Gasteiger partial charge in [-0.2, -0.15) is 8.42 Å². The van der Waals surface area contributed by atoms with Crippen LogP contribution in [0.2, 0.25) is 0 Å². The van der Waals surface area contributed by atoms with Gasteiger partial charge in [-0.25, -0.2) is 4.79 Å². The molecule has 0 fully saturated rings. The Kier molecular flexibility index (Phi) is 5.31. The Morgan fingerprint density at radius 3 is 2.42 bits per heavy atom. The largest absolute Gasteiger partial charge is 0.493 e. The van der Waals surface area contributed by atoms with Crippen LogP contribution in [0.4, 0.5) is 0 Å². The molecule has 0 spiro atoms. The van der Waals surface area contributed by atoms with Gasteiger partial charge in [0, 0.05) is 0 Å². The first-order valence-corrected chi connectivity index (χ1v) is 7.11. The van der Waals surface area contributed by atoms with Gasteiger partial charge in [-0.3, -0.25) is 4.18 Å². The molecule has 0 aliphatic heterocycles. The van der Waals surface area contributed by atoms with E-state index in [0.29, 0.717) is 6.61 Å². The quantitative estimate of drug-likeness (QED) is 0.584. The SMILES string of the molecule is CCOc1ccc(S(=O)(=O)OCC)cc1C(=O)OC. The molecule has 0 saturated heterocycles. The third-order valence-corrected chi connectivity index (χ3v) is 3.60. The van der Waals surface area contributed by atoms with Gasteiger partial charge in [0.2, 0.25) is 0 Å². The molecule has 1 rings (SSSR count). The summed E-state index contributed by atoms with van der Waals surface area (Å²) in [7, 11) is -2.66. The average molecular weight is 288 g/mol. The summed E-state index contributed by atoms with van der Waals surface area (Å²) in [5.74, 6) is -0.401. The van der Waals surface area contributed by atoms with E-state index in [2.05, 4.69) is 8.92 Å². The second-order valence-corrected chi connectivity index (χ2v) is 5.06. The summed E-state index contributed by atoms with van der Waals surface area (Å²) in [6, 6.07) is 3.91. The molecule has 0 radical (unpaired) electrons. The van der Waals surface area contributed by atoms with Crippen molar-refractivity contribution >= 4 is 16.1 Å². The van der Waals surface area contributed by atoms with Crippen LogP contribution >= 0.6 is 0 Å². The van der Waals surface area contributed by atoms with Crippen molar-refractivity contribution in [1.82, 2.24) is 0 Å². The van der Waals surface area contributed by atoms with Gasteiger partial charge in [-0.15, -0.1) is 0 Å². The van der Waals surface area contributed by atoms with Crippen molar-refractivity contribution in [3.8, 4) is 5.75 Å². The maximum Gasteiger partial charge on any atom is 0.341 e. The summed E-state index contributed by atoms with van der Waals surface area (Å²) in [6.07, 6.45) is 0. The molecule has 0 unspecified atom stereocenters. The second kappa shape index (κ2) is 6.53. The molecule has 0 atom stereocenters. The molecule has 0 aromatic heterocycles. The highest BCUT2D eigenvalue weighted by molar-refractivity contribution is 7.86. The standard InChI is InChI=1S/C12H16O6S/c1-4-17-11-7-6-9(19(14,15)18-5-2)8-10(11)12(13)16-3/h6-8H,4-5H2,1-3H3. The third kappa shape index (κ3) is 3.68. The maximum atomic E-state index is 11.7. The van der Waals surface area contributed by atoms with E-state index in [-0.39, 0.29) is 22.8 Å². The molecule has 0 bridgehead atoms. The predicted octanol–water partition coefficient (Wildman–Crippen LogP) is 1.60. The molecule has 0 N–H and O–H groups in total. The summed E-state index contributed by atoms with van der Waals surface area (Å²) in [6.45, 7) is 3.68.